The fraction of sp³-hybridized carbons (Fsp3) is 0.733. The maximum Gasteiger partial charge on any atom is 0.227 e. The highest BCUT2D eigenvalue weighted by atomic mass is 32.2. The molecule has 3 rings (SSSR count). The van der Waals surface area contributed by atoms with Crippen LogP contribution in [0.4, 0.5) is 11.8 Å². The quantitative estimate of drug-likeness (QED) is 0.907. The highest BCUT2D eigenvalue weighted by Crippen LogP contribution is 2.21. The summed E-state index contributed by atoms with van der Waals surface area (Å²) in [6.45, 7) is 4.08. The number of piperidine rings is 1. The molecule has 122 valence electrons. The third-order valence-corrected chi connectivity index (χ3v) is 6.12. The van der Waals surface area contributed by atoms with E-state index in [1.165, 1.54) is 19.3 Å². The summed E-state index contributed by atoms with van der Waals surface area (Å²) in [5.41, 5.74) is 0.999. The Morgan fingerprint density at radius 3 is 2.68 bits per heavy atom. The van der Waals surface area contributed by atoms with Crippen LogP contribution in [-0.2, 0) is 16.3 Å². The van der Waals surface area contributed by atoms with E-state index >= 15 is 0 Å². The Morgan fingerprint density at radius 2 is 2.05 bits per heavy atom. The van der Waals surface area contributed by atoms with E-state index < -0.39 is 9.84 Å². The number of anilines is 2. The molecule has 0 radical (unpaired) electrons. The molecule has 1 aromatic rings. The van der Waals surface area contributed by atoms with E-state index in [0.717, 1.165) is 37.0 Å². The van der Waals surface area contributed by atoms with Crippen LogP contribution in [0.5, 0.6) is 0 Å². The Labute approximate surface area is 132 Å². The molecule has 1 N–H and O–H groups in total. The largest absolute Gasteiger partial charge is 0.366 e. The van der Waals surface area contributed by atoms with Crippen molar-refractivity contribution in [3.05, 3.63) is 11.8 Å². The van der Waals surface area contributed by atoms with Crippen molar-refractivity contribution in [3.8, 4) is 0 Å². The molecule has 2 aliphatic heterocycles. The molecule has 0 amide bonds. The Balaban J connectivity index is 1.78. The molecule has 3 heterocycles. The van der Waals surface area contributed by atoms with Gasteiger partial charge in [-0.1, -0.05) is 6.92 Å². The van der Waals surface area contributed by atoms with Gasteiger partial charge in [0.15, 0.2) is 9.84 Å². The summed E-state index contributed by atoms with van der Waals surface area (Å²) in [6.07, 6.45) is 5.15. The van der Waals surface area contributed by atoms with E-state index in [1.54, 1.807) is 0 Å². The highest BCUT2D eigenvalue weighted by Gasteiger charge is 2.28. The molecule has 0 aromatic carbocycles. The Morgan fingerprint density at radius 1 is 1.27 bits per heavy atom. The van der Waals surface area contributed by atoms with Crippen LogP contribution in [-0.4, -0.2) is 49.0 Å². The maximum absolute atomic E-state index is 11.6. The van der Waals surface area contributed by atoms with E-state index in [9.17, 15) is 8.42 Å². The molecule has 0 unspecified atom stereocenters. The van der Waals surface area contributed by atoms with Gasteiger partial charge in [-0.25, -0.2) is 13.4 Å². The van der Waals surface area contributed by atoms with Crippen molar-refractivity contribution < 1.29 is 8.42 Å². The van der Waals surface area contributed by atoms with Gasteiger partial charge in [0.25, 0.3) is 0 Å². The van der Waals surface area contributed by atoms with Crippen LogP contribution in [0.25, 0.3) is 0 Å². The Bertz CT molecular complexity index is 626. The van der Waals surface area contributed by atoms with Crippen LogP contribution in [0.1, 0.15) is 38.3 Å². The minimum absolute atomic E-state index is 0.0289. The second kappa shape index (κ2) is 6.40. The van der Waals surface area contributed by atoms with E-state index in [4.69, 9.17) is 0 Å². The van der Waals surface area contributed by atoms with E-state index in [1.807, 2.05) is 6.07 Å². The lowest BCUT2D eigenvalue weighted by atomic mass is 10.1. The van der Waals surface area contributed by atoms with E-state index in [0.29, 0.717) is 6.42 Å². The first-order valence-corrected chi connectivity index (χ1v) is 9.98. The van der Waals surface area contributed by atoms with Crippen molar-refractivity contribution in [1.29, 1.82) is 0 Å². The number of rotatable bonds is 4. The number of nitrogens with zero attached hydrogens (tertiary/aromatic N) is 3. The number of aromatic nitrogens is 2. The number of hydrogen-bond donors (Lipinski definition) is 1. The Kier molecular flexibility index (Phi) is 4.52. The summed E-state index contributed by atoms with van der Waals surface area (Å²) >= 11 is 0. The van der Waals surface area contributed by atoms with E-state index in [-0.39, 0.29) is 17.5 Å². The van der Waals surface area contributed by atoms with Crippen LogP contribution in [0.3, 0.4) is 0 Å². The molecule has 0 saturated carbocycles. The standard InChI is InChI=1S/C15H24N4O2S/c1-2-12-10-14(16-13-6-9-22(20,21)11-13)18-15(17-12)19-7-4-3-5-8-19/h10,13H,2-9,11H2,1H3,(H,16,17,18)/t13-/m0/s1. The molecular weight excluding hydrogens is 300 g/mol. The molecule has 0 bridgehead atoms. The lowest BCUT2D eigenvalue weighted by molar-refractivity contribution is 0.567. The van der Waals surface area contributed by atoms with Crippen molar-refractivity contribution in [2.75, 3.05) is 34.8 Å². The minimum Gasteiger partial charge on any atom is -0.366 e. The first-order valence-electron chi connectivity index (χ1n) is 8.15. The second-order valence-electron chi connectivity index (χ2n) is 6.19. The van der Waals surface area contributed by atoms with Gasteiger partial charge in [-0.15, -0.1) is 0 Å². The topological polar surface area (TPSA) is 75.2 Å². The summed E-state index contributed by atoms with van der Waals surface area (Å²) in [5.74, 6) is 2.02. The summed E-state index contributed by atoms with van der Waals surface area (Å²) in [5, 5.41) is 3.29. The highest BCUT2D eigenvalue weighted by molar-refractivity contribution is 7.91. The number of sulfone groups is 1. The molecular formula is C15H24N4O2S. The average molecular weight is 324 g/mol. The smallest absolute Gasteiger partial charge is 0.227 e. The molecule has 1 atom stereocenters. The lowest BCUT2D eigenvalue weighted by Crippen LogP contribution is -2.31. The molecule has 6 nitrogen and oxygen atoms in total. The molecule has 0 spiro atoms. The monoisotopic (exact) mass is 324 g/mol. The van der Waals surface area contributed by atoms with Gasteiger partial charge in [0.2, 0.25) is 5.95 Å². The van der Waals surface area contributed by atoms with Gasteiger partial charge in [-0.3, -0.25) is 0 Å². The molecule has 2 aliphatic rings. The van der Waals surface area contributed by atoms with Crippen molar-refractivity contribution >= 4 is 21.6 Å². The molecule has 2 fully saturated rings. The molecule has 2 saturated heterocycles. The summed E-state index contributed by atoms with van der Waals surface area (Å²) < 4.78 is 23.2. The molecule has 7 heteroatoms. The summed E-state index contributed by atoms with van der Waals surface area (Å²) in [6, 6.07) is 1.91. The predicted molar refractivity (Wildman–Crippen MR) is 88.2 cm³/mol. The average Bonchev–Trinajstić information content (AvgIpc) is 2.86. The molecule has 0 aliphatic carbocycles. The zero-order valence-electron chi connectivity index (χ0n) is 13.1. The van der Waals surface area contributed by atoms with Crippen molar-refractivity contribution in [2.24, 2.45) is 0 Å². The third kappa shape index (κ3) is 3.69. The second-order valence-corrected chi connectivity index (χ2v) is 8.42. The van der Waals surface area contributed by atoms with Gasteiger partial charge in [-0.05, 0) is 32.1 Å². The van der Waals surface area contributed by atoms with Gasteiger partial charge in [0, 0.05) is 30.9 Å². The van der Waals surface area contributed by atoms with Gasteiger partial charge >= 0.3 is 0 Å². The van der Waals surface area contributed by atoms with Gasteiger partial charge in [-0.2, -0.15) is 4.98 Å². The van der Waals surface area contributed by atoms with Crippen LogP contribution in [0.2, 0.25) is 0 Å². The lowest BCUT2D eigenvalue weighted by Gasteiger charge is -2.27. The van der Waals surface area contributed by atoms with Crippen molar-refractivity contribution in [1.82, 2.24) is 9.97 Å². The first kappa shape index (κ1) is 15.5. The van der Waals surface area contributed by atoms with Crippen molar-refractivity contribution in [2.45, 2.75) is 45.1 Å². The fourth-order valence-corrected chi connectivity index (χ4v) is 4.77. The van der Waals surface area contributed by atoms with Gasteiger partial charge in [0.1, 0.15) is 5.82 Å². The number of aryl methyl sites for hydroxylation is 1. The van der Waals surface area contributed by atoms with Crippen LogP contribution in [0, 0.1) is 0 Å². The van der Waals surface area contributed by atoms with E-state index in [2.05, 4.69) is 27.1 Å². The third-order valence-electron chi connectivity index (χ3n) is 4.35. The minimum atomic E-state index is -2.88. The zero-order chi connectivity index (χ0) is 15.6. The summed E-state index contributed by atoms with van der Waals surface area (Å²) in [4.78, 5) is 11.5. The number of hydrogen-bond acceptors (Lipinski definition) is 6. The maximum atomic E-state index is 11.6. The number of nitrogens with one attached hydrogen (secondary N) is 1. The van der Waals surface area contributed by atoms with Crippen LogP contribution < -0.4 is 10.2 Å². The van der Waals surface area contributed by atoms with Crippen molar-refractivity contribution in [3.63, 3.8) is 0 Å². The SMILES string of the molecule is CCc1cc(N[C@H]2CCS(=O)(=O)C2)nc(N2CCCCC2)n1. The molecule has 1 aromatic heterocycles. The Hall–Kier alpha value is -1.37. The van der Waals surface area contributed by atoms with Gasteiger partial charge in [0.05, 0.1) is 11.5 Å². The van der Waals surface area contributed by atoms with Gasteiger partial charge < -0.3 is 10.2 Å². The predicted octanol–water partition coefficient (Wildman–Crippen LogP) is 1.63. The zero-order valence-corrected chi connectivity index (χ0v) is 13.9. The first-order chi connectivity index (χ1) is 10.6. The molecule has 22 heavy (non-hydrogen) atoms. The summed E-state index contributed by atoms with van der Waals surface area (Å²) in [7, 11) is -2.88. The normalized spacial score (nSPS) is 24.4. The van der Waals surface area contributed by atoms with Crippen LogP contribution in [0.15, 0.2) is 6.07 Å². The fourth-order valence-electron chi connectivity index (χ4n) is 3.09. The van der Waals surface area contributed by atoms with Crippen LogP contribution >= 0.6 is 0 Å².